The summed E-state index contributed by atoms with van der Waals surface area (Å²) in [5.74, 6) is 1.76. The maximum atomic E-state index is 11.7. The summed E-state index contributed by atoms with van der Waals surface area (Å²) in [6.07, 6.45) is 7.79. The summed E-state index contributed by atoms with van der Waals surface area (Å²) in [7, 11) is 0. The van der Waals surface area contributed by atoms with Crippen LogP contribution in [0.3, 0.4) is 0 Å². The van der Waals surface area contributed by atoms with Gasteiger partial charge in [0, 0.05) is 18.0 Å². The molecular weight excluding hydrogens is 286 g/mol. The van der Waals surface area contributed by atoms with E-state index in [0.717, 1.165) is 31.1 Å². The summed E-state index contributed by atoms with van der Waals surface area (Å²) in [4.78, 5) is 11.7. The molecule has 1 aromatic rings. The van der Waals surface area contributed by atoms with Gasteiger partial charge in [-0.25, -0.2) is 0 Å². The van der Waals surface area contributed by atoms with Gasteiger partial charge in [-0.05, 0) is 43.0 Å². The van der Waals surface area contributed by atoms with E-state index in [2.05, 4.69) is 5.32 Å². The lowest BCUT2D eigenvalue weighted by Crippen LogP contribution is -2.25. The number of rotatable bonds is 8. The van der Waals surface area contributed by atoms with Gasteiger partial charge in [-0.3, -0.25) is 4.79 Å². The van der Waals surface area contributed by atoms with E-state index < -0.39 is 0 Å². The highest BCUT2D eigenvalue weighted by atomic mass is 35.5. The topological polar surface area (TPSA) is 38.3 Å². The van der Waals surface area contributed by atoms with Gasteiger partial charge in [-0.2, -0.15) is 0 Å². The van der Waals surface area contributed by atoms with E-state index in [1.165, 1.54) is 25.7 Å². The van der Waals surface area contributed by atoms with E-state index in [1.54, 1.807) is 12.1 Å². The lowest BCUT2D eigenvalue weighted by Gasteiger charge is -2.10. The summed E-state index contributed by atoms with van der Waals surface area (Å²) >= 11 is 5.80. The van der Waals surface area contributed by atoms with Crippen molar-refractivity contribution in [2.24, 2.45) is 5.92 Å². The van der Waals surface area contributed by atoms with Crippen molar-refractivity contribution >= 4 is 17.5 Å². The van der Waals surface area contributed by atoms with Gasteiger partial charge in [0.2, 0.25) is 5.91 Å². The van der Waals surface area contributed by atoms with Crippen LogP contribution in [0.5, 0.6) is 5.75 Å². The number of amides is 1. The largest absolute Gasteiger partial charge is 0.494 e. The fraction of sp³-hybridized carbons (Fsp3) is 0.588. The molecule has 1 N–H and O–H groups in total. The Balaban J connectivity index is 1.49. The van der Waals surface area contributed by atoms with E-state index in [1.807, 2.05) is 12.1 Å². The monoisotopic (exact) mass is 309 g/mol. The predicted molar refractivity (Wildman–Crippen MR) is 85.8 cm³/mol. The summed E-state index contributed by atoms with van der Waals surface area (Å²) in [6, 6.07) is 7.27. The molecule has 0 atom stereocenters. The predicted octanol–water partition coefficient (Wildman–Crippen LogP) is 4.20. The number of hydrogen-bond donors (Lipinski definition) is 1. The van der Waals surface area contributed by atoms with Crippen molar-refractivity contribution in [3.05, 3.63) is 29.3 Å². The Morgan fingerprint density at radius 2 is 1.95 bits per heavy atom. The second-order valence-electron chi connectivity index (χ2n) is 5.70. The molecule has 1 amide bonds. The van der Waals surface area contributed by atoms with Gasteiger partial charge in [0.25, 0.3) is 0 Å². The summed E-state index contributed by atoms with van der Waals surface area (Å²) in [6.45, 7) is 1.37. The van der Waals surface area contributed by atoms with E-state index in [0.29, 0.717) is 18.1 Å². The Morgan fingerprint density at radius 1 is 1.24 bits per heavy atom. The number of nitrogens with one attached hydrogen (secondary N) is 1. The third-order valence-electron chi connectivity index (χ3n) is 3.98. The number of carbonyl (C=O) groups is 1. The molecule has 116 valence electrons. The fourth-order valence-electron chi connectivity index (χ4n) is 2.76. The molecule has 2 rings (SSSR count). The summed E-state index contributed by atoms with van der Waals surface area (Å²) in [5.41, 5.74) is 0. The molecule has 3 nitrogen and oxygen atoms in total. The molecule has 1 aromatic carbocycles. The zero-order valence-corrected chi connectivity index (χ0v) is 13.2. The van der Waals surface area contributed by atoms with Crippen molar-refractivity contribution in [3.8, 4) is 5.75 Å². The van der Waals surface area contributed by atoms with E-state index in [-0.39, 0.29) is 5.91 Å². The van der Waals surface area contributed by atoms with Crippen molar-refractivity contribution in [2.45, 2.75) is 44.9 Å². The number of hydrogen-bond acceptors (Lipinski definition) is 2. The first-order valence-electron chi connectivity index (χ1n) is 7.89. The van der Waals surface area contributed by atoms with Gasteiger partial charge in [-0.1, -0.05) is 37.3 Å². The second-order valence-corrected chi connectivity index (χ2v) is 6.13. The van der Waals surface area contributed by atoms with Crippen LogP contribution in [0.4, 0.5) is 0 Å². The molecule has 1 saturated carbocycles. The minimum atomic E-state index is 0.132. The molecule has 4 heteroatoms. The molecule has 0 aromatic heterocycles. The standard InChI is InChI=1S/C17H24ClNO2/c18-15-7-9-16(10-8-15)21-13-3-6-17(20)19-12-11-14-4-1-2-5-14/h7-10,14H,1-6,11-13H2,(H,19,20). The van der Waals surface area contributed by atoms with Crippen LogP contribution < -0.4 is 10.1 Å². The average molecular weight is 310 g/mol. The Morgan fingerprint density at radius 3 is 2.67 bits per heavy atom. The molecule has 0 heterocycles. The quantitative estimate of drug-likeness (QED) is 0.731. The average Bonchev–Trinajstić information content (AvgIpc) is 2.99. The van der Waals surface area contributed by atoms with Crippen molar-refractivity contribution in [3.63, 3.8) is 0 Å². The Bertz CT molecular complexity index is 427. The lowest BCUT2D eigenvalue weighted by molar-refractivity contribution is -0.121. The van der Waals surface area contributed by atoms with E-state index >= 15 is 0 Å². The Kier molecular flexibility index (Phi) is 6.87. The van der Waals surface area contributed by atoms with E-state index in [9.17, 15) is 4.79 Å². The zero-order chi connectivity index (χ0) is 14.9. The number of ether oxygens (including phenoxy) is 1. The van der Waals surface area contributed by atoms with Gasteiger partial charge in [-0.15, -0.1) is 0 Å². The van der Waals surface area contributed by atoms with Crippen LogP contribution in [-0.4, -0.2) is 19.1 Å². The van der Waals surface area contributed by atoms with Crippen LogP contribution in [-0.2, 0) is 4.79 Å². The maximum Gasteiger partial charge on any atom is 0.220 e. The molecule has 0 spiro atoms. The molecule has 0 radical (unpaired) electrons. The van der Waals surface area contributed by atoms with Crippen molar-refractivity contribution < 1.29 is 9.53 Å². The van der Waals surface area contributed by atoms with Crippen molar-refractivity contribution in [1.29, 1.82) is 0 Å². The molecule has 0 bridgehead atoms. The molecule has 21 heavy (non-hydrogen) atoms. The first-order valence-corrected chi connectivity index (χ1v) is 8.27. The first kappa shape index (κ1) is 16.2. The molecule has 0 aliphatic heterocycles. The number of halogens is 1. The highest BCUT2D eigenvalue weighted by Crippen LogP contribution is 2.26. The van der Waals surface area contributed by atoms with Crippen molar-refractivity contribution in [1.82, 2.24) is 5.32 Å². The number of carbonyl (C=O) groups excluding carboxylic acids is 1. The molecule has 1 aliphatic rings. The summed E-state index contributed by atoms with van der Waals surface area (Å²) < 4.78 is 5.56. The lowest BCUT2D eigenvalue weighted by atomic mass is 10.0. The van der Waals surface area contributed by atoms with Crippen LogP contribution in [0.2, 0.25) is 5.02 Å². The smallest absolute Gasteiger partial charge is 0.220 e. The highest BCUT2D eigenvalue weighted by molar-refractivity contribution is 6.30. The van der Waals surface area contributed by atoms with E-state index in [4.69, 9.17) is 16.3 Å². The normalized spacial score (nSPS) is 15.1. The molecule has 0 unspecified atom stereocenters. The molecular formula is C17H24ClNO2. The first-order chi connectivity index (χ1) is 10.2. The minimum absolute atomic E-state index is 0.132. The Hall–Kier alpha value is -1.22. The second kappa shape index (κ2) is 8.93. The third kappa shape index (κ3) is 6.38. The summed E-state index contributed by atoms with van der Waals surface area (Å²) in [5, 5.41) is 3.70. The molecule has 1 fully saturated rings. The minimum Gasteiger partial charge on any atom is -0.494 e. The maximum absolute atomic E-state index is 11.7. The fourth-order valence-corrected chi connectivity index (χ4v) is 2.88. The van der Waals surface area contributed by atoms with Gasteiger partial charge in [0.15, 0.2) is 0 Å². The van der Waals surface area contributed by atoms with Gasteiger partial charge >= 0.3 is 0 Å². The van der Waals surface area contributed by atoms with Crippen LogP contribution >= 0.6 is 11.6 Å². The van der Waals surface area contributed by atoms with Gasteiger partial charge in [0.1, 0.15) is 5.75 Å². The van der Waals surface area contributed by atoms with Crippen molar-refractivity contribution in [2.75, 3.05) is 13.2 Å². The Labute approximate surface area is 132 Å². The van der Waals surface area contributed by atoms with Crippen LogP contribution in [0.15, 0.2) is 24.3 Å². The molecule has 0 saturated heterocycles. The number of benzene rings is 1. The molecule has 1 aliphatic carbocycles. The van der Waals surface area contributed by atoms with Gasteiger partial charge < -0.3 is 10.1 Å². The van der Waals surface area contributed by atoms with Crippen LogP contribution in [0.1, 0.15) is 44.9 Å². The third-order valence-corrected chi connectivity index (χ3v) is 4.23. The zero-order valence-electron chi connectivity index (χ0n) is 12.4. The highest BCUT2D eigenvalue weighted by Gasteiger charge is 2.14. The van der Waals surface area contributed by atoms with Gasteiger partial charge in [0.05, 0.1) is 6.61 Å². The van der Waals surface area contributed by atoms with Crippen LogP contribution in [0.25, 0.3) is 0 Å². The SMILES string of the molecule is O=C(CCCOc1ccc(Cl)cc1)NCCC1CCCC1. The van der Waals surface area contributed by atoms with Crippen LogP contribution in [0, 0.1) is 5.92 Å².